The zero-order valence-electron chi connectivity index (χ0n) is 13.4. The summed E-state index contributed by atoms with van der Waals surface area (Å²) in [6.07, 6.45) is 2.00. The number of aromatic nitrogens is 1. The number of aryl methyl sites for hydroxylation is 2. The van der Waals surface area contributed by atoms with Crippen LogP contribution in [0.1, 0.15) is 44.9 Å². The molecule has 0 saturated heterocycles. The van der Waals surface area contributed by atoms with Crippen molar-refractivity contribution in [2.45, 2.75) is 63.3 Å². The van der Waals surface area contributed by atoms with Gasteiger partial charge in [0, 0.05) is 16.5 Å². The Morgan fingerprint density at radius 1 is 1.40 bits per heavy atom. The van der Waals surface area contributed by atoms with Gasteiger partial charge in [-0.05, 0) is 57.9 Å². The van der Waals surface area contributed by atoms with Crippen molar-refractivity contribution in [1.82, 2.24) is 10.3 Å². The molecule has 0 aliphatic rings. The van der Waals surface area contributed by atoms with Crippen LogP contribution in [0.4, 0.5) is 0 Å². The number of thioether (sulfide) groups is 1. The summed E-state index contributed by atoms with van der Waals surface area (Å²) in [5.74, 6) is 0. The van der Waals surface area contributed by atoms with Gasteiger partial charge in [0.1, 0.15) is 0 Å². The van der Waals surface area contributed by atoms with Crippen LogP contribution >= 0.6 is 11.8 Å². The summed E-state index contributed by atoms with van der Waals surface area (Å²) in [4.78, 5) is 4.57. The molecule has 2 N–H and O–H groups in total. The molecule has 1 aromatic heterocycles. The highest BCUT2D eigenvalue weighted by Gasteiger charge is 2.25. The SMILES string of the molecule is CCCNC(C)(CO)CC(C)Sc1cc(C)cc(C)n1. The normalized spacial score (nSPS) is 15.9. The number of pyridine rings is 1. The Labute approximate surface area is 127 Å². The van der Waals surface area contributed by atoms with Crippen LogP contribution in [0.2, 0.25) is 0 Å². The zero-order valence-corrected chi connectivity index (χ0v) is 14.2. The first kappa shape index (κ1) is 17.5. The molecule has 0 saturated carbocycles. The molecule has 1 aromatic rings. The molecule has 0 aliphatic heterocycles. The predicted molar refractivity (Wildman–Crippen MR) is 87.4 cm³/mol. The molecular formula is C16H28N2OS. The molecule has 0 amide bonds. The maximum atomic E-state index is 9.63. The fourth-order valence-electron chi connectivity index (χ4n) is 2.37. The van der Waals surface area contributed by atoms with Gasteiger partial charge in [-0.2, -0.15) is 0 Å². The van der Waals surface area contributed by atoms with Crippen molar-refractivity contribution in [2.24, 2.45) is 0 Å². The van der Waals surface area contributed by atoms with Crippen LogP contribution in [-0.4, -0.2) is 34.0 Å². The average Bonchev–Trinajstić information content (AvgIpc) is 2.35. The highest BCUT2D eigenvalue weighted by atomic mass is 32.2. The van der Waals surface area contributed by atoms with Gasteiger partial charge in [-0.25, -0.2) is 4.98 Å². The van der Waals surface area contributed by atoms with Gasteiger partial charge in [0.15, 0.2) is 0 Å². The second-order valence-corrected chi connectivity index (χ2v) is 7.36. The molecule has 114 valence electrons. The zero-order chi connectivity index (χ0) is 15.2. The van der Waals surface area contributed by atoms with Crippen LogP contribution in [0.5, 0.6) is 0 Å². The monoisotopic (exact) mass is 296 g/mol. The molecule has 0 fully saturated rings. The van der Waals surface area contributed by atoms with Crippen LogP contribution in [-0.2, 0) is 0 Å². The Bertz CT molecular complexity index is 405. The first-order valence-corrected chi connectivity index (χ1v) is 8.24. The summed E-state index contributed by atoms with van der Waals surface area (Å²) in [5, 5.41) is 14.6. The Balaban J connectivity index is 2.63. The molecule has 1 heterocycles. The third kappa shape index (κ3) is 5.81. The number of rotatable bonds is 8. The van der Waals surface area contributed by atoms with Crippen LogP contribution in [0, 0.1) is 13.8 Å². The smallest absolute Gasteiger partial charge is 0.0968 e. The molecule has 0 radical (unpaired) electrons. The lowest BCUT2D eigenvalue weighted by Crippen LogP contribution is -2.47. The number of aliphatic hydroxyl groups is 1. The molecule has 0 spiro atoms. The van der Waals surface area contributed by atoms with Crippen LogP contribution in [0.15, 0.2) is 17.2 Å². The van der Waals surface area contributed by atoms with E-state index in [1.54, 1.807) is 11.8 Å². The lowest BCUT2D eigenvalue weighted by molar-refractivity contribution is 0.166. The molecule has 3 nitrogen and oxygen atoms in total. The van der Waals surface area contributed by atoms with E-state index >= 15 is 0 Å². The summed E-state index contributed by atoms with van der Waals surface area (Å²) in [5.41, 5.74) is 2.11. The van der Waals surface area contributed by atoms with E-state index in [4.69, 9.17) is 0 Å². The van der Waals surface area contributed by atoms with Crippen molar-refractivity contribution in [3.8, 4) is 0 Å². The van der Waals surface area contributed by atoms with Crippen LogP contribution < -0.4 is 5.32 Å². The quantitative estimate of drug-likeness (QED) is 0.722. The predicted octanol–water partition coefficient (Wildman–Crippen LogP) is 3.32. The van der Waals surface area contributed by atoms with E-state index in [-0.39, 0.29) is 12.1 Å². The summed E-state index contributed by atoms with van der Waals surface area (Å²) < 4.78 is 0. The lowest BCUT2D eigenvalue weighted by atomic mass is 9.97. The van der Waals surface area contributed by atoms with E-state index in [0.717, 1.165) is 30.1 Å². The molecule has 0 bridgehead atoms. The Morgan fingerprint density at radius 3 is 2.65 bits per heavy atom. The van der Waals surface area contributed by atoms with E-state index in [1.165, 1.54) is 5.56 Å². The highest BCUT2D eigenvalue weighted by molar-refractivity contribution is 7.99. The number of aliphatic hydroxyl groups excluding tert-OH is 1. The van der Waals surface area contributed by atoms with E-state index < -0.39 is 0 Å². The molecule has 0 aromatic carbocycles. The van der Waals surface area contributed by atoms with Crippen molar-refractivity contribution in [3.05, 3.63) is 23.4 Å². The summed E-state index contributed by atoms with van der Waals surface area (Å²) in [7, 11) is 0. The highest BCUT2D eigenvalue weighted by Crippen LogP contribution is 2.28. The molecule has 1 rings (SSSR count). The summed E-state index contributed by atoms with van der Waals surface area (Å²) in [6, 6.07) is 4.22. The van der Waals surface area contributed by atoms with Gasteiger partial charge in [-0.3, -0.25) is 0 Å². The Morgan fingerprint density at radius 2 is 2.10 bits per heavy atom. The Kier molecular flexibility index (Phi) is 7.00. The second-order valence-electron chi connectivity index (χ2n) is 5.90. The number of nitrogens with one attached hydrogen (secondary N) is 1. The first-order valence-electron chi connectivity index (χ1n) is 7.36. The fraction of sp³-hybridized carbons (Fsp3) is 0.688. The second kappa shape index (κ2) is 8.01. The van der Waals surface area contributed by atoms with Crippen molar-refractivity contribution in [3.63, 3.8) is 0 Å². The number of hydrogen-bond donors (Lipinski definition) is 2. The van der Waals surface area contributed by atoms with Crippen molar-refractivity contribution >= 4 is 11.8 Å². The third-order valence-electron chi connectivity index (χ3n) is 3.28. The number of nitrogens with zero attached hydrogens (tertiary/aromatic N) is 1. The van der Waals surface area contributed by atoms with Crippen molar-refractivity contribution in [2.75, 3.05) is 13.2 Å². The van der Waals surface area contributed by atoms with E-state index in [2.05, 4.69) is 50.1 Å². The molecule has 2 unspecified atom stereocenters. The molecular weight excluding hydrogens is 268 g/mol. The molecule has 4 heteroatoms. The Hall–Kier alpha value is -0.580. The van der Waals surface area contributed by atoms with E-state index in [9.17, 15) is 5.11 Å². The standard InChI is InChI=1S/C16H28N2OS/c1-6-7-17-16(5,11-19)10-14(4)20-15-9-12(2)8-13(3)18-15/h8-9,14,17,19H,6-7,10-11H2,1-5H3. The minimum atomic E-state index is -0.207. The average molecular weight is 296 g/mol. The maximum Gasteiger partial charge on any atom is 0.0968 e. The van der Waals surface area contributed by atoms with E-state index in [0.29, 0.717) is 5.25 Å². The minimum absolute atomic E-state index is 0.165. The largest absolute Gasteiger partial charge is 0.394 e. The van der Waals surface area contributed by atoms with Gasteiger partial charge in [0.2, 0.25) is 0 Å². The van der Waals surface area contributed by atoms with E-state index in [1.807, 2.05) is 6.92 Å². The summed E-state index contributed by atoms with van der Waals surface area (Å²) >= 11 is 1.79. The molecule has 0 aliphatic carbocycles. The van der Waals surface area contributed by atoms with Gasteiger partial charge in [0.05, 0.1) is 11.6 Å². The minimum Gasteiger partial charge on any atom is -0.394 e. The lowest BCUT2D eigenvalue weighted by Gasteiger charge is -2.31. The van der Waals surface area contributed by atoms with Crippen molar-refractivity contribution < 1.29 is 5.11 Å². The fourth-order valence-corrected chi connectivity index (χ4v) is 3.68. The van der Waals surface area contributed by atoms with Gasteiger partial charge < -0.3 is 10.4 Å². The third-order valence-corrected chi connectivity index (χ3v) is 4.30. The van der Waals surface area contributed by atoms with Crippen molar-refractivity contribution in [1.29, 1.82) is 0 Å². The molecule has 2 atom stereocenters. The number of hydrogen-bond acceptors (Lipinski definition) is 4. The van der Waals surface area contributed by atoms with Crippen LogP contribution in [0.25, 0.3) is 0 Å². The first-order chi connectivity index (χ1) is 9.38. The maximum absolute atomic E-state index is 9.63. The van der Waals surface area contributed by atoms with Gasteiger partial charge >= 0.3 is 0 Å². The van der Waals surface area contributed by atoms with Gasteiger partial charge in [0.25, 0.3) is 0 Å². The topological polar surface area (TPSA) is 45.1 Å². The van der Waals surface area contributed by atoms with Gasteiger partial charge in [-0.15, -0.1) is 11.8 Å². The summed E-state index contributed by atoms with van der Waals surface area (Å²) in [6.45, 7) is 11.7. The van der Waals surface area contributed by atoms with Crippen LogP contribution in [0.3, 0.4) is 0 Å². The molecule has 20 heavy (non-hydrogen) atoms. The van der Waals surface area contributed by atoms with Gasteiger partial charge in [-0.1, -0.05) is 13.8 Å².